The second-order valence-electron chi connectivity index (χ2n) is 9.41. The van der Waals surface area contributed by atoms with Crippen LogP contribution in [0.1, 0.15) is 39.3 Å². The van der Waals surface area contributed by atoms with Crippen molar-refractivity contribution in [1.29, 1.82) is 0 Å². The lowest BCUT2D eigenvalue weighted by Gasteiger charge is -2.37. The predicted molar refractivity (Wildman–Crippen MR) is 128 cm³/mol. The molecular weight excluding hydrogens is 416 g/mol. The van der Waals surface area contributed by atoms with Gasteiger partial charge in [0.05, 0.1) is 0 Å². The van der Waals surface area contributed by atoms with Gasteiger partial charge in [0.15, 0.2) is 5.69 Å². The number of aromatic nitrogens is 2. The van der Waals surface area contributed by atoms with Crippen LogP contribution in [-0.2, 0) is 24.2 Å². The Hall–Kier alpha value is -2.87. The molecule has 3 heterocycles. The van der Waals surface area contributed by atoms with E-state index in [9.17, 15) is 9.59 Å². The van der Waals surface area contributed by atoms with E-state index < -0.39 is 0 Å². The van der Waals surface area contributed by atoms with Crippen molar-refractivity contribution in [3.8, 4) is 0 Å². The van der Waals surface area contributed by atoms with Crippen LogP contribution in [0.5, 0.6) is 0 Å². The van der Waals surface area contributed by atoms with E-state index in [1.807, 2.05) is 14.5 Å². The third-order valence-electron chi connectivity index (χ3n) is 7.45. The lowest BCUT2D eigenvalue weighted by Crippen LogP contribution is -2.50. The van der Waals surface area contributed by atoms with Crippen LogP contribution >= 0.6 is 0 Å². The van der Waals surface area contributed by atoms with Gasteiger partial charge in [-0.3, -0.25) is 14.3 Å². The number of fused-ring (bicyclic) bond motifs is 1. The van der Waals surface area contributed by atoms with E-state index in [4.69, 9.17) is 0 Å². The van der Waals surface area contributed by atoms with Crippen LogP contribution in [0.25, 0.3) is 0 Å². The molecule has 3 aliphatic rings. The molecule has 1 aliphatic carbocycles. The van der Waals surface area contributed by atoms with E-state index in [0.717, 1.165) is 56.7 Å². The molecule has 2 saturated heterocycles. The Morgan fingerprint density at radius 2 is 1.73 bits per heavy atom. The van der Waals surface area contributed by atoms with Crippen LogP contribution in [0.15, 0.2) is 18.2 Å². The minimum Gasteiger partial charge on any atom is -0.368 e. The van der Waals surface area contributed by atoms with Crippen molar-refractivity contribution in [2.24, 2.45) is 0 Å². The molecule has 2 amide bonds. The molecule has 0 unspecified atom stereocenters. The Balaban J connectivity index is 1.25. The maximum Gasteiger partial charge on any atom is 0.274 e. The average molecular weight is 451 g/mol. The number of benzene rings is 1. The smallest absolute Gasteiger partial charge is 0.274 e. The molecule has 0 spiro atoms. The average Bonchev–Trinajstić information content (AvgIpc) is 3.45. The molecule has 0 radical (unpaired) electrons. The zero-order chi connectivity index (χ0) is 22.9. The Kier molecular flexibility index (Phi) is 6.10. The molecule has 33 heavy (non-hydrogen) atoms. The van der Waals surface area contributed by atoms with Gasteiger partial charge in [0, 0.05) is 69.3 Å². The van der Waals surface area contributed by atoms with Crippen LogP contribution in [0, 0.1) is 13.8 Å². The number of amides is 2. The van der Waals surface area contributed by atoms with E-state index in [1.165, 1.54) is 16.8 Å². The van der Waals surface area contributed by atoms with Crippen LogP contribution in [0.2, 0.25) is 0 Å². The van der Waals surface area contributed by atoms with Crippen molar-refractivity contribution in [2.45, 2.75) is 39.7 Å². The number of hydrogen-bond donors (Lipinski definition) is 1. The number of aryl methyl sites for hydroxylation is 1. The Bertz CT molecular complexity index is 1050. The third kappa shape index (κ3) is 4.24. The summed E-state index contributed by atoms with van der Waals surface area (Å²) in [6.45, 7) is 10.7. The van der Waals surface area contributed by atoms with Gasteiger partial charge in [-0.1, -0.05) is 12.1 Å². The standard InChI is InChI=1S/C25H34N6O2/c1-18-5-3-7-21(19(18)2)28-13-15-29(16-14-28)23(32)17-31-22-8-4-6-20(22)24(27-31)25(33)30-11-9-26-10-12-30/h3,5,7,26H,4,6,8-17H2,1-2H3. The number of rotatable bonds is 4. The Morgan fingerprint density at radius 3 is 2.48 bits per heavy atom. The summed E-state index contributed by atoms with van der Waals surface area (Å²) in [5.74, 6) is 0.108. The summed E-state index contributed by atoms with van der Waals surface area (Å²) in [7, 11) is 0. The van der Waals surface area contributed by atoms with Gasteiger partial charge in [-0.25, -0.2) is 0 Å². The summed E-state index contributed by atoms with van der Waals surface area (Å²) >= 11 is 0. The predicted octanol–water partition coefficient (Wildman–Crippen LogP) is 1.38. The monoisotopic (exact) mass is 450 g/mol. The van der Waals surface area contributed by atoms with Gasteiger partial charge in [-0.2, -0.15) is 5.10 Å². The first-order valence-electron chi connectivity index (χ1n) is 12.2. The van der Waals surface area contributed by atoms with Crippen molar-refractivity contribution in [2.75, 3.05) is 57.3 Å². The van der Waals surface area contributed by atoms with Gasteiger partial charge in [0.1, 0.15) is 6.54 Å². The highest BCUT2D eigenvalue weighted by molar-refractivity contribution is 5.94. The maximum absolute atomic E-state index is 13.2. The van der Waals surface area contributed by atoms with Gasteiger partial charge in [0.25, 0.3) is 5.91 Å². The SMILES string of the molecule is Cc1cccc(N2CCN(C(=O)Cn3nc(C(=O)N4CCNCC4)c4c3CCC4)CC2)c1C. The number of carbonyl (C=O) groups excluding carboxylic acids is 2. The van der Waals surface area contributed by atoms with Crippen LogP contribution in [-0.4, -0.2) is 83.8 Å². The number of nitrogens with zero attached hydrogens (tertiary/aromatic N) is 5. The molecule has 2 fully saturated rings. The Morgan fingerprint density at radius 1 is 0.970 bits per heavy atom. The molecule has 1 aromatic heterocycles. The maximum atomic E-state index is 13.2. The summed E-state index contributed by atoms with van der Waals surface area (Å²) in [4.78, 5) is 32.5. The molecule has 5 rings (SSSR count). The van der Waals surface area contributed by atoms with Crippen LogP contribution < -0.4 is 10.2 Å². The number of hydrogen-bond acceptors (Lipinski definition) is 5. The van der Waals surface area contributed by atoms with Gasteiger partial charge in [-0.05, 0) is 50.3 Å². The summed E-state index contributed by atoms with van der Waals surface area (Å²) in [6.07, 6.45) is 2.80. The van der Waals surface area contributed by atoms with E-state index in [-0.39, 0.29) is 18.4 Å². The molecule has 8 nitrogen and oxygen atoms in total. The van der Waals surface area contributed by atoms with Crippen LogP contribution in [0.3, 0.4) is 0 Å². The van der Waals surface area contributed by atoms with E-state index in [1.54, 1.807) is 0 Å². The van der Waals surface area contributed by atoms with Gasteiger partial charge in [0.2, 0.25) is 5.91 Å². The fourth-order valence-corrected chi connectivity index (χ4v) is 5.33. The minimum absolute atomic E-state index is 0.0167. The largest absolute Gasteiger partial charge is 0.368 e. The lowest BCUT2D eigenvalue weighted by atomic mass is 10.1. The van der Waals surface area contributed by atoms with Crippen LogP contribution in [0.4, 0.5) is 5.69 Å². The Labute approximate surface area is 195 Å². The zero-order valence-electron chi connectivity index (χ0n) is 19.8. The summed E-state index contributed by atoms with van der Waals surface area (Å²) in [6, 6.07) is 6.42. The first-order valence-corrected chi connectivity index (χ1v) is 12.2. The van der Waals surface area contributed by atoms with Crippen molar-refractivity contribution < 1.29 is 9.59 Å². The molecule has 176 valence electrons. The molecule has 0 atom stereocenters. The topological polar surface area (TPSA) is 73.7 Å². The number of piperazine rings is 2. The second-order valence-corrected chi connectivity index (χ2v) is 9.41. The van der Waals surface area contributed by atoms with Crippen molar-refractivity contribution in [3.63, 3.8) is 0 Å². The molecule has 2 aliphatic heterocycles. The summed E-state index contributed by atoms with van der Waals surface area (Å²) in [5.41, 5.74) is 6.58. The molecule has 1 aromatic carbocycles. The van der Waals surface area contributed by atoms with Crippen molar-refractivity contribution in [1.82, 2.24) is 24.9 Å². The van der Waals surface area contributed by atoms with Gasteiger partial charge >= 0.3 is 0 Å². The normalized spacial score (nSPS) is 18.5. The van der Waals surface area contributed by atoms with Gasteiger partial charge in [-0.15, -0.1) is 0 Å². The zero-order valence-corrected chi connectivity index (χ0v) is 19.8. The van der Waals surface area contributed by atoms with Crippen molar-refractivity contribution >= 4 is 17.5 Å². The molecule has 0 bridgehead atoms. The molecular formula is C25H34N6O2. The first kappa shape index (κ1) is 21.9. The number of anilines is 1. The third-order valence-corrected chi connectivity index (χ3v) is 7.45. The molecule has 0 saturated carbocycles. The fraction of sp³-hybridized carbons (Fsp3) is 0.560. The fourth-order valence-electron chi connectivity index (χ4n) is 5.33. The minimum atomic E-state index is 0.0167. The second kappa shape index (κ2) is 9.17. The quantitative estimate of drug-likeness (QED) is 0.762. The summed E-state index contributed by atoms with van der Waals surface area (Å²) in [5, 5.41) is 7.96. The highest BCUT2D eigenvalue weighted by Crippen LogP contribution is 2.27. The number of carbonyl (C=O) groups is 2. The molecule has 2 aromatic rings. The molecule has 1 N–H and O–H groups in total. The summed E-state index contributed by atoms with van der Waals surface area (Å²) < 4.78 is 1.82. The number of nitrogens with one attached hydrogen (secondary N) is 1. The van der Waals surface area contributed by atoms with E-state index in [2.05, 4.69) is 47.4 Å². The molecule has 8 heteroatoms. The van der Waals surface area contributed by atoms with E-state index in [0.29, 0.717) is 31.9 Å². The highest BCUT2D eigenvalue weighted by Gasteiger charge is 2.31. The van der Waals surface area contributed by atoms with Crippen molar-refractivity contribution in [3.05, 3.63) is 46.3 Å². The highest BCUT2D eigenvalue weighted by atomic mass is 16.2. The lowest BCUT2D eigenvalue weighted by molar-refractivity contribution is -0.132. The van der Waals surface area contributed by atoms with E-state index >= 15 is 0 Å². The first-order chi connectivity index (χ1) is 16.0. The van der Waals surface area contributed by atoms with Gasteiger partial charge < -0.3 is 20.0 Å².